The van der Waals surface area contributed by atoms with Gasteiger partial charge in [-0.25, -0.2) is 0 Å². The van der Waals surface area contributed by atoms with E-state index in [1.165, 1.54) is 19.3 Å². The Labute approximate surface area is 120 Å². The van der Waals surface area contributed by atoms with E-state index in [9.17, 15) is 9.90 Å². The molecule has 0 saturated heterocycles. The summed E-state index contributed by atoms with van der Waals surface area (Å²) < 4.78 is 2.13. The minimum absolute atomic E-state index is 0.453. The minimum Gasteiger partial charge on any atom is -0.481 e. The first kappa shape index (κ1) is 15.0. The number of carbonyl (C=O) groups is 1. The number of aliphatic carboxylic acids is 1. The number of rotatable bonds is 6. The second-order valence-electron chi connectivity index (χ2n) is 5.92. The van der Waals surface area contributed by atoms with E-state index in [4.69, 9.17) is 0 Å². The molecule has 0 bridgehead atoms. The zero-order valence-corrected chi connectivity index (χ0v) is 12.5. The van der Waals surface area contributed by atoms with Gasteiger partial charge in [0, 0.05) is 12.5 Å². The van der Waals surface area contributed by atoms with E-state index >= 15 is 0 Å². The topological polar surface area (TPSA) is 68.0 Å². The van der Waals surface area contributed by atoms with Crippen molar-refractivity contribution in [3.8, 4) is 0 Å². The van der Waals surface area contributed by atoms with Crippen molar-refractivity contribution in [2.45, 2.75) is 71.3 Å². The molecule has 0 radical (unpaired) electrons. The summed E-state index contributed by atoms with van der Waals surface area (Å²) in [5.41, 5.74) is -0.709. The van der Waals surface area contributed by atoms with Gasteiger partial charge in [0.15, 0.2) is 0 Å². The Kier molecular flexibility index (Phi) is 4.78. The summed E-state index contributed by atoms with van der Waals surface area (Å²) in [5, 5.41) is 17.8. The van der Waals surface area contributed by atoms with Crippen molar-refractivity contribution in [1.29, 1.82) is 0 Å². The molecule has 2 rings (SSSR count). The van der Waals surface area contributed by atoms with E-state index in [1.54, 1.807) is 6.33 Å². The zero-order valence-electron chi connectivity index (χ0n) is 12.5. The second kappa shape index (κ2) is 6.37. The molecule has 1 aromatic rings. The molecule has 0 spiro atoms. The van der Waals surface area contributed by atoms with Crippen LogP contribution >= 0.6 is 0 Å². The smallest absolute Gasteiger partial charge is 0.310 e. The van der Waals surface area contributed by atoms with Crippen LogP contribution in [0.15, 0.2) is 6.33 Å². The maximum atomic E-state index is 11.6. The fourth-order valence-electron chi connectivity index (χ4n) is 3.24. The van der Waals surface area contributed by atoms with E-state index in [-0.39, 0.29) is 0 Å². The molecule has 0 aliphatic heterocycles. The predicted octanol–water partition coefficient (Wildman–Crippen LogP) is 3.22. The van der Waals surface area contributed by atoms with E-state index in [0.717, 1.165) is 18.7 Å². The van der Waals surface area contributed by atoms with Gasteiger partial charge in [0.05, 0.1) is 5.41 Å². The lowest BCUT2D eigenvalue weighted by Crippen LogP contribution is -2.33. The van der Waals surface area contributed by atoms with Crippen LogP contribution in [0.4, 0.5) is 0 Å². The summed E-state index contributed by atoms with van der Waals surface area (Å²) in [6.07, 6.45) is 9.60. The van der Waals surface area contributed by atoms with Crippen LogP contribution in [0.2, 0.25) is 0 Å². The monoisotopic (exact) mass is 279 g/mol. The zero-order chi connectivity index (χ0) is 14.6. The van der Waals surface area contributed by atoms with Crippen LogP contribution in [-0.2, 0) is 11.2 Å². The molecule has 0 amide bonds. The highest BCUT2D eigenvalue weighted by molar-refractivity contribution is 5.74. The molecule has 0 aromatic carbocycles. The van der Waals surface area contributed by atoms with Gasteiger partial charge in [0.2, 0.25) is 0 Å². The molecule has 20 heavy (non-hydrogen) atoms. The van der Waals surface area contributed by atoms with Crippen LogP contribution in [0.25, 0.3) is 0 Å². The van der Waals surface area contributed by atoms with Crippen LogP contribution in [0.3, 0.4) is 0 Å². The summed E-state index contributed by atoms with van der Waals surface area (Å²) in [5.74, 6) is 0.115. The first-order chi connectivity index (χ1) is 9.63. The Morgan fingerprint density at radius 3 is 2.55 bits per heavy atom. The molecule has 5 heteroatoms. The number of carboxylic acids is 1. The van der Waals surface area contributed by atoms with Gasteiger partial charge < -0.3 is 9.67 Å². The highest BCUT2D eigenvalue weighted by Crippen LogP contribution is 2.34. The molecule has 1 heterocycles. The molecule has 112 valence electrons. The summed E-state index contributed by atoms with van der Waals surface area (Å²) in [6, 6.07) is 0.453. The summed E-state index contributed by atoms with van der Waals surface area (Å²) in [4.78, 5) is 11.6. The van der Waals surface area contributed by atoms with Gasteiger partial charge in [-0.05, 0) is 25.7 Å². The third kappa shape index (κ3) is 2.86. The summed E-state index contributed by atoms with van der Waals surface area (Å²) in [6.45, 7) is 3.89. The second-order valence-corrected chi connectivity index (χ2v) is 5.92. The number of hydrogen-bond acceptors (Lipinski definition) is 3. The fourth-order valence-corrected chi connectivity index (χ4v) is 3.24. The Morgan fingerprint density at radius 1 is 1.35 bits per heavy atom. The number of carboxylic acid groups (broad SMARTS) is 1. The Balaban J connectivity index is 2.20. The molecule has 1 aromatic heterocycles. The van der Waals surface area contributed by atoms with Crippen LogP contribution in [0.5, 0.6) is 0 Å². The molecule has 0 atom stereocenters. The summed E-state index contributed by atoms with van der Waals surface area (Å²) >= 11 is 0. The molecule has 1 N–H and O–H groups in total. The maximum Gasteiger partial charge on any atom is 0.310 e. The van der Waals surface area contributed by atoms with Gasteiger partial charge in [-0.15, -0.1) is 10.2 Å². The number of aromatic nitrogens is 3. The molecule has 1 aliphatic rings. The first-order valence-electron chi connectivity index (χ1n) is 7.74. The van der Waals surface area contributed by atoms with Crippen LogP contribution < -0.4 is 0 Å². The van der Waals surface area contributed by atoms with E-state index in [1.807, 2.05) is 13.8 Å². The predicted molar refractivity (Wildman–Crippen MR) is 76.5 cm³/mol. The molecular weight excluding hydrogens is 254 g/mol. The van der Waals surface area contributed by atoms with Crippen molar-refractivity contribution in [2.75, 3.05) is 0 Å². The van der Waals surface area contributed by atoms with Crippen molar-refractivity contribution in [3.05, 3.63) is 12.2 Å². The van der Waals surface area contributed by atoms with Crippen molar-refractivity contribution in [3.63, 3.8) is 0 Å². The summed E-state index contributed by atoms with van der Waals surface area (Å²) in [7, 11) is 0. The Morgan fingerprint density at radius 2 is 2.00 bits per heavy atom. The molecule has 1 saturated carbocycles. The van der Waals surface area contributed by atoms with Crippen LogP contribution in [-0.4, -0.2) is 25.8 Å². The van der Waals surface area contributed by atoms with E-state index in [0.29, 0.717) is 25.3 Å². The van der Waals surface area contributed by atoms with Gasteiger partial charge in [-0.2, -0.15) is 0 Å². The lowest BCUT2D eigenvalue weighted by molar-refractivity contribution is -0.149. The van der Waals surface area contributed by atoms with Gasteiger partial charge in [-0.3, -0.25) is 4.79 Å². The molecular formula is C15H25N3O2. The van der Waals surface area contributed by atoms with Crippen molar-refractivity contribution < 1.29 is 9.90 Å². The van der Waals surface area contributed by atoms with Crippen LogP contribution in [0, 0.1) is 5.41 Å². The molecule has 5 nitrogen and oxygen atoms in total. The molecule has 0 unspecified atom stereocenters. The minimum atomic E-state index is -0.722. The highest BCUT2D eigenvalue weighted by atomic mass is 16.4. The Bertz CT molecular complexity index is 446. The van der Waals surface area contributed by atoms with Crippen molar-refractivity contribution in [2.24, 2.45) is 5.41 Å². The lowest BCUT2D eigenvalue weighted by atomic mass is 9.79. The standard InChI is InChI=1S/C15H25N3O2/c1-3-15(4-2,14(19)20)10-13-17-16-11-18(13)12-8-6-5-7-9-12/h11-12H,3-10H2,1-2H3,(H,19,20). The molecule has 1 fully saturated rings. The number of nitrogens with zero attached hydrogens (tertiary/aromatic N) is 3. The van der Waals surface area contributed by atoms with E-state index < -0.39 is 11.4 Å². The maximum absolute atomic E-state index is 11.6. The van der Waals surface area contributed by atoms with E-state index in [2.05, 4.69) is 14.8 Å². The van der Waals surface area contributed by atoms with Crippen molar-refractivity contribution >= 4 is 5.97 Å². The largest absolute Gasteiger partial charge is 0.481 e. The molecule has 1 aliphatic carbocycles. The first-order valence-corrected chi connectivity index (χ1v) is 7.74. The normalized spacial score (nSPS) is 17.3. The fraction of sp³-hybridized carbons (Fsp3) is 0.800. The number of hydrogen-bond donors (Lipinski definition) is 1. The van der Waals surface area contributed by atoms with Gasteiger partial charge in [0.25, 0.3) is 0 Å². The van der Waals surface area contributed by atoms with Crippen molar-refractivity contribution in [1.82, 2.24) is 14.8 Å². The Hall–Kier alpha value is -1.39. The average Bonchev–Trinajstić information content (AvgIpc) is 2.93. The third-order valence-electron chi connectivity index (χ3n) is 4.92. The quantitative estimate of drug-likeness (QED) is 0.868. The lowest BCUT2D eigenvalue weighted by Gasteiger charge is -2.29. The third-order valence-corrected chi connectivity index (χ3v) is 4.92. The van der Waals surface area contributed by atoms with Crippen LogP contribution in [0.1, 0.15) is 70.7 Å². The SMILES string of the molecule is CCC(CC)(Cc1nncn1C1CCCCC1)C(=O)O. The van der Waals surface area contributed by atoms with Gasteiger partial charge >= 0.3 is 5.97 Å². The highest BCUT2D eigenvalue weighted by Gasteiger charge is 2.37. The van der Waals surface area contributed by atoms with Gasteiger partial charge in [-0.1, -0.05) is 33.1 Å². The van der Waals surface area contributed by atoms with Gasteiger partial charge in [0.1, 0.15) is 12.2 Å². The average molecular weight is 279 g/mol.